The predicted octanol–water partition coefficient (Wildman–Crippen LogP) is 2.77. The first kappa shape index (κ1) is 28.0. The van der Waals surface area contributed by atoms with Gasteiger partial charge in [-0.05, 0) is 0 Å². The maximum atomic E-state index is 9.46. The Labute approximate surface area is 145 Å². The fraction of sp³-hybridized carbons (Fsp3) is 0.471. The van der Waals surface area contributed by atoms with E-state index in [1.165, 1.54) is 6.42 Å². The molecule has 0 bridgehead atoms. The monoisotopic (exact) mass is 354 g/mol. The molecule has 20 heavy (non-hydrogen) atoms. The van der Waals surface area contributed by atoms with E-state index in [9.17, 15) is 10.2 Å². The molecule has 0 N–H and O–H groups in total. The van der Waals surface area contributed by atoms with Gasteiger partial charge in [-0.15, -0.1) is 32.8 Å². The van der Waals surface area contributed by atoms with Crippen LogP contribution in [0.1, 0.15) is 39.0 Å². The fourth-order valence-corrected chi connectivity index (χ4v) is 0.507. The second-order valence-corrected chi connectivity index (χ2v) is 3.42. The van der Waals surface area contributed by atoms with Gasteiger partial charge in [-0.2, -0.15) is 12.5 Å². The fourth-order valence-electron chi connectivity index (χ4n) is 0.507. The molecule has 0 radical (unpaired) electrons. The van der Waals surface area contributed by atoms with Gasteiger partial charge >= 0.3 is 26.2 Å². The van der Waals surface area contributed by atoms with Crippen LogP contribution in [-0.2, 0) is 26.2 Å². The van der Waals surface area contributed by atoms with Crippen LogP contribution in [0.2, 0.25) is 0 Å². The first-order valence-corrected chi connectivity index (χ1v) is 6.63. The summed E-state index contributed by atoms with van der Waals surface area (Å²) in [6.45, 7) is 12.4. The van der Waals surface area contributed by atoms with Crippen molar-refractivity contribution in [2.24, 2.45) is 0 Å². The molecule has 1 aliphatic carbocycles. The molecule has 0 fully saturated rings. The van der Waals surface area contributed by atoms with Gasteiger partial charge in [0.2, 0.25) is 0 Å². The summed E-state index contributed by atoms with van der Waals surface area (Å²) in [5.74, 6) is 0. The molecule has 1 rings (SSSR count). The molecule has 0 unspecified atom stereocenters. The standard InChI is InChI=1S/C5H5.2C4H7O.C4H9.Zr/c1-2-4-5-3-1;2*1-2-3-4-5;1-3-4-2;/h1-3H,4H2;2*2H,1,3-4H2;1,3-4H2,2H3;/q4*-1;+4. The zero-order chi connectivity index (χ0) is 15.2. The van der Waals surface area contributed by atoms with Crippen molar-refractivity contribution in [3.63, 3.8) is 0 Å². The SMILES string of the molecule is C=CCC[O-].C=CCC[O-].[C-]1=CC=CC1.[CH2-]CCC.[Zr+4]. The maximum absolute atomic E-state index is 9.46. The van der Waals surface area contributed by atoms with E-state index >= 15 is 0 Å². The number of rotatable bonds is 5. The Morgan fingerprint density at radius 1 is 1.20 bits per heavy atom. The Kier molecular flexibility index (Phi) is 50.9. The summed E-state index contributed by atoms with van der Waals surface area (Å²) in [5, 5.41) is 18.9. The molecular formula is C17H28O2Zr. The summed E-state index contributed by atoms with van der Waals surface area (Å²) in [6.07, 6.45) is 16.7. The number of hydrogen-bond donors (Lipinski definition) is 0. The van der Waals surface area contributed by atoms with Crippen molar-refractivity contribution in [3.8, 4) is 0 Å². The number of hydrogen-bond acceptors (Lipinski definition) is 2. The van der Waals surface area contributed by atoms with E-state index in [0.29, 0.717) is 12.8 Å². The average Bonchev–Trinajstić information content (AvgIpc) is 3.01. The summed E-state index contributed by atoms with van der Waals surface area (Å²) in [5.41, 5.74) is 0. The van der Waals surface area contributed by atoms with Crippen molar-refractivity contribution in [2.45, 2.75) is 39.0 Å². The van der Waals surface area contributed by atoms with E-state index in [-0.39, 0.29) is 39.4 Å². The van der Waals surface area contributed by atoms with E-state index in [1.54, 1.807) is 12.2 Å². The molecule has 2 nitrogen and oxygen atoms in total. The molecule has 1 aliphatic rings. The average molecular weight is 356 g/mol. The number of unbranched alkanes of at least 4 members (excludes halogenated alkanes) is 1. The normalized spacial score (nSPS) is 9.60. The van der Waals surface area contributed by atoms with Crippen LogP contribution in [-0.4, -0.2) is 13.2 Å². The first-order valence-electron chi connectivity index (χ1n) is 6.63. The van der Waals surface area contributed by atoms with Crippen molar-refractivity contribution in [1.29, 1.82) is 0 Å². The predicted molar refractivity (Wildman–Crippen MR) is 81.2 cm³/mol. The van der Waals surface area contributed by atoms with Gasteiger partial charge in [0.15, 0.2) is 0 Å². The Morgan fingerprint density at radius 2 is 1.65 bits per heavy atom. The molecule has 0 atom stereocenters. The molecule has 112 valence electrons. The third-order valence-corrected chi connectivity index (χ3v) is 1.58. The minimum atomic E-state index is -0.0243. The summed E-state index contributed by atoms with van der Waals surface area (Å²) in [4.78, 5) is 0. The summed E-state index contributed by atoms with van der Waals surface area (Å²) in [7, 11) is 0. The smallest absolute Gasteiger partial charge is 0.854 e. The molecule has 0 aromatic rings. The van der Waals surface area contributed by atoms with Gasteiger partial charge in [0.1, 0.15) is 0 Å². The zero-order valence-corrected chi connectivity index (χ0v) is 15.2. The van der Waals surface area contributed by atoms with Gasteiger partial charge in [-0.25, -0.2) is 12.2 Å². The van der Waals surface area contributed by atoms with Crippen LogP contribution in [0.3, 0.4) is 0 Å². The largest absolute Gasteiger partial charge is 4.00 e. The van der Waals surface area contributed by atoms with E-state index in [1.807, 2.05) is 12.2 Å². The molecular weight excluding hydrogens is 327 g/mol. The van der Waals surface area contributed by atoms with E-state index in [0.717, 1.165) is 12.8 Å². The summed E-state index contributed by atoms with van der Waals surface area (Å²) < 4.78 is 0. The van der Waals surface area contributed by atoms with Crippen LogP contribution in [0.4, 0.5) is 0 Å². The van der Waals surface area contributed by atoms with Crippen LogP contribution in [0.15, 0.2) is 43.5 Å². The van der Waals surface area contributed by atoms with Crippen LogP contribution < -0.4 is 10.2 Å². The second-order valence-electron chi connectivity index (χ2n) is 3.42. The van der Waals surface area contributed by atoms with Gasteiger partial charge in [0, 0.05) is 0 Å². The van der Waals surface area contributed by atoms with Gasteiger partial charge in [-0.1, -0.05) is 38.3 Å². The van der Waals surface area contributed by atoms with Gasteiger partial charge in [0.05, 0.1) is 0 Å². The Hall–Kier alpha value is -0.237. The molecule has 0 saturated carbocycles. The quantitative estimate of drug-likeness (QED) is 0.562. The number of allylic oxidation sites excluding steroid dienone is 4. The van der Waals surface area contributed by atoms with Gasteiger partial charge in [0.25, 0.3) is 0 Å². The third kappa shape index (κ3) is 52.4. The molecule has 0 spiro atoms. The first-order chi connectivity index (χ1) is 9.24. The van der Waals surface area contributed by atoms with E-state index in [4.69, 9.17) is 0 Å². The minimum absolute atomic E-state index is 0. The molecule has 3 heteroatoms. The van der Waals surface area contributed by atoms with Crippen LogP contribution in [0.5, 0.6) is 0 Å². The van der Waals surface area contributed by atoms with Gasteiger partial charge < -0.3 is 17.1 Å². The van der Waals surface area contributed by atoms with Crippen molar-refractivity contribution < 1.29 is 36.4 Å². The molecule has 0 amide bonds. The van der Waals surface area contributed by atoms with Crippen molar-refractivity contribution in [2.75, 3.05) is 13.2 Å². The molecule has 0 heterocycles. The van der Waals surface area contributed by atoms with Crippen LogP contribution in [0.25, 0.3) is 0 Å². The van der Waals surface area contributed by atoms with E-state index < -0.39 is 0 Å². The van der Waals surface area contributed by atoms with Crippen molar-refractivity contribution in [1.82, 2.24) is 0 Å². The van der Waals surface area contributed by atoms with Crippen molar-refractivity contribution >= 4 is 0 Å². The zero-order valence-electron chi connectivity index (χ0n) is 12.8. The third-order valence-electron chi connectivity index (χ3n) is 1.58. The van der Waals surface area contributed by atoms with E-state index in [2.05, 4.69) is 39.2 Å². The molecule has 0 aliphatic heterocycles. The molecule has 0 saturated heterocycles. The van der Waals surface area contributed by atoms with Crippen molar-refractivity contribution in [3.05, 3.63) is 56.5 Å². The second kappa shape index (κ2) is 36.3. The Balaban J connectivity index is -0.0000000843. The minimum Gasteiger partial charge on any atom is -0.854 e. The van der Waals surface area contributed by atoms with Gasteiger partial charge in [-0.3, -0.25) is 6.08 Å². The maximum Gasteiger partial charge on any atom is 4.00 e. The van der Waals surface area contributed by atoms with Crippen LogP contribution >= 0.6 is 0 Å². The Bertz CT molecular complexity index is 189. The van der Waals surface area contributed by atoms with Crippen LogP contribution in [0, 0.1) is 13.0 Å². The summed E-state index contributed by atoms with van der Waals surface area (Å²) >= 11 is 0. The Morgan fingerprint density at radius 3 is 1.70 bits per heavy atom. The molecule has 0 aromatic heterocycles. The molecule has 0 aromatic carbocycles. The topological polar surface area (TPSA) is 46.1 Å². The summed E-state index contributed by atoms with van der Waals surface area (Å²) in [6, 6.07) is 0.